The minimum Gasteiger partial charge on any atom is -0.497 e. The zero-order valence-corrected chi connectivity index (χ0v) is 19.8. The molecule has 0 unspecified atom stereocenters. The van der Waals surface area contributed by atoms with E-state index >= 15 is 0 Å². The molecule has 160 valence electrons. The van der Waals surface area contributed by atoms with Crippen LogP contribution in [0.15, 0.2) is 65.9 Å². The summed E-state index contributed by atoms with van der Waals surface area (Å²) in [6, 6.07) is 15.9. The molecule has 0 saturated carbocycles. The average Bonchev–Trinajstić information content (AvgIpc) is 3.31. The molecule has 0 aliphatic carbocycles. The summed E-state index contributed by atoms with van der Waals surface area (Å²) < 4.78 is 12.6. The third-order valence-corrected chi connectivity index (χ3v) is 4.38. The highest BCUT2D eigenvalue weighted by molar-refractivity contribution is 14.0. The number of nitrogens with zero attached hydrogens (tertiary/aromatic N) is 3. The molecule has 2 N–H and O–H groups in total. The number of hydrogen-bond acceptors (Lipinski definition) is 4. The van der Waals surface area contributed by atoms with E-state index < -0.39 is 0 Å². The average molecular weight is 521 g/mol. The number of nitrogens with one attached hydrogen (secondary N) is 2. The van der Waals surface area contributed by atoms with Gasteiger partial charge in [0.25, 0.3) is 0 Å². The van der Waals surface area contributed by atoms with Crippen LogP contribution in [0.25, 0.3) is 5.69 Å². The first kappa shape index (κ1) is 23.5. The van der Waals surface area contributed by atoms with Gasteiger partial charge in [0.05, 0.1) is 26.5 Å². The van der Waals surface area contributed by atoms with E-state index in [9.17, 15) is 0 Å². The second-order valence-corrected chi connectivity index (χ2v) is 6.35. The second-order valence-electron chi connectivity index (χ2n) is 6.35. The van der Waals surface area contributed by atoms with Crippen molar-refractivity contribution in [2.45, 2.75) is 20.0 Å². The fourth-order valence-corrected chi connectivity index (χ4v) is 2.91. The number of rotatable bonds is 8. The van der Waals surface area contributed by atoms with Crippen molar-refractivity contribution >= 4 is 29.9 Å². The Balaban J connectivity index is 0.00000320. The molecule has 0 radical (unpaired) electrons. The number of methoxy groups -OCH3 is 2. The van der Waals surface area contributed by atoms with Gasteiger partial charge >= 0.3 is 0 Å². The Hall–Kier alpha value is -2.75. The lowest BCUT2D eigenvalue weighted by Crippen LogP contribution is -2.36. The van der Waals surface area contributed by atoms with Crippen LogP contribution in [-0.4, -0.2) is 36.5 Å². The van der Waals surface area contributed by atoms with Crippen LogP contribution in [0, 0.1) is 0 Å². The van der Waals surface area contributed by atoms with Gasteiger partial charge in [0.2, 0.25) is 0 Å². The monoisotopic (exact) mass is 521 g/mol. The largest absolute Gasteiger partial charge is 0.497 e. The Morgan fingerprint density at radius 1 is 1.07 bits per heavy atom. The first-order chi connectivity index (χ1) is 14.2. The lowest BCUT2D eigenvalue weighted by Gasteiger charge is -2.14. The minimum absolute atomic E-state index is 0. The quantitative estimate of drug-likeness (QED) is 0.269. The van der Waals surface area contributed by atoms with Crippen molar-refractivity contribution in [3.63, 3.8) is 0 Å². The molecule has 0 atom stereocenters. The van der Waals surface area contributed by atoms with Crippen molar-refractivity contribution in [2.75, 3.05) is 20.8 Å². The second kappa shape index (κ2) is 12.1. The lowest BCUT2D eigenvalue weighted by atomic mass is 10.2. The van der Waals surface area contributed by atoms with Gasteiger partial charge in [-0.2, -0.15) is 5.10 Å². The van der Waals surface area contributed by atoms with Crippen LogP contribution >= 0.6 is 24.0 Å². The van der Waals surface area contributed by atoms with Crippen LogP contribution in [0.3, 0.4) is 0 Å². The lowest BCUT2D eigenvalue weighted by molar-refractivity contribution is 0.390. The number of aromatic nitrogens is 2. The van der Waals surface area contributed by atoms with Gasteiger partial charge in [-0.05, 0) is 42.8 Å². The molecule has 1 aromatic heterocycles. The Morgan fingerprint density at radius 3 is 2.63 bits per heavy atom. The fraction of sp³-hybridized carbons (Fsp3) is 0.273. The van der Waals surface area contributed by atoms with Gasteiger partial charge in [0, 0.05) is 37.1 Å². The van der Waals surface area contributed by atoms with E-state index in [0.717, 1.165) is 40.8 Å². The maximum absolute atomic E-state index is 5.47. The molecule has 8 heteroatoms. The van der Waals surface area contributed by atoms with Crippen LogP contribution < -0.4 is 20.1 Å². The first-order valence-electron chi connectivity index (χ1n) is 9.55. The molecule has 1 heterocycles. The molecule has 2 aromatic carbocycles. The molecule has 30 heavy (non-hydrogen) atoms. The predicted molar refractivity (Wildman–Crippen MR) is 130 cm³/mol. The van der Waals surface area contributed by atoms with E-state index in [-0.39, 0.29) is 24.0 Å². The van der Waals surface area contributed by atoms with Crippen LogP contribution in [0.2, 0.25) is 0 Å². The summed E-state index contributed by atoms with van der Waals surface area (Å²) in [5.74, 6) is 2.29. The van der Waals surface area contributed by atoms with E-state index in [2.05, 4.69) is 27.9 Å². The number of halogens is 1. The van der Waals surface area contributed by atoms with Crippen molar-refractivity contribution in [1.82, 2.24) is 20.4 Å². The van der Waals surface area contributed by atoms with Gasteiger partial charge in [-0.1, -0.05) is 12.1 Å². The Morgan fingerprint density at radius 2 is 1.93 bits per heavy atom. The van der Waals surface area contributed by atoms with Crippen molar-refractivity contribution < 1.29 is 9.47 Å². The Labute approximate surface area is 194 Å². The van der Waals surface area contributed by atoms with Crippen molar-refractivity contribution in [3.8, 4) is 17.2 Å². The van der Waals surface area contributed by atoms with Gasteiger partial charge < -0.3 is 20.1 Å². The minimum atomic E-state index is 0. The van der Waals surface area contributed by atoms with Crippen LogP contribution in [0.4, 0.5) is 0 Å². The smallest absolute Gasteiger partial charge is 0.191 e. The maximum atomic E-state index is 5.47. The SMILES string of the molecule is CCNC(=NCc1cccc(-n2cccn2)c1)NCc1ccc(OC)cc1OC.I. The maximum Gasteiger partial charge on any atom is 0.191 e. The summed E-state index contributed by atoms with van der Waals surface area (Å²) in [6.45, 7) is 3.97. The van der Waals surface area contributed by atoms with E-state index in [1.807, 2.05) is 54.2 Å². The van der Waals surface area contributed by atoms with Crippen LogP contribution in [0.1, 0.15) is 18.1 Å². The van der Waals surface area contributed by atoms with E-state index in [0.29, 0.717) is 13.1 Å². The molecule has 0 amide bonds. The Kier molecular flexibility index (Phi) is 9.46. The summed E-state index contributed by atoms with van der Waals surface area (Å²) >= 11 is 0. The standard InChI is InChI=1S/C22H27N5O2.HI/c1-4-23-22(25-16-18-9-10-20(28-2)14-21(18)29-3)24-15-17-7-5-8-19(13-17)27-12-6-11-26-27;/h5-14H,4,15-16H2,1-3H3,(H2,23,24,25);1H. The predicted octanol–water partition coefficient (Wildman–Crippen LogP) is 3.76. The van der Waals surface area contributed by atoms with Crippen molar-refractivity contribution in [2.24, 2.45) is 4.99 Å². The summed E-state index contributed by atoms with van der Waals surface area (Å²) in [5, 5.41) is 10.9. The summed E-state index contributed by atoms with van der Waals surface area (Å²) in [4.78, 5) is 4.71. The highest BCUT2D eigenvalue weighted by Gasteiger charge is 2.06. The van der Waals surface area contributed by atoms with Gasteiger partial charge in [0.1, 0.15) is 11.5 Å². The highest BCUT2D eigenvalue weighted by atomic mass is 127. The van der Waals surface area contributed by atoms with E-state index in [1.54, 1.807) is 20.4 Å². The van der Waals surface area contributed by atoms with E-state index in [4.69, 9.17) is 14.5 Å². The zero-order valence-electron chi connectivity index (χ0n) is 17.5. The zero-order chi connectivity index (χ0) is 20.5. The molecule has 0 aliphatic heterocycles. The number of guanidine groups is 1. The molecule has 0 saturated heterocycles. The topological polar surface area (TPSA) is 72.7 Å². The number of hydrogen-bond donors (Lipinski definition) is 2. The molecule has 0 spiro atoms. The molecule has 0 fully saturated rings. The summed E-state index contributed by atoms with van der Waals surface area (Å²) in [7, 11) is 3.30. The third kappa shape index (κ3) is 6.38. The summed E-state index contributed by atoms with van der Waals surface area (Å²) in [6.07, 6.45) is 3.70. The summed E-state index contributed by atoms with van der Waals surface area (Å²) in [5.41, 5.74) is 3.15. The normalized spacial score (nSPS) is 10.8. The van der Waals surface area contributed by atoms with Gasteiger partial charge in [-0.15, -0.1) is 24.0 Å². The molecule has 0 aliphatic rings. The van der Waals surface area contributed by atoms with Crippen LogP contribution in [-0.2, 0) is 13.1 Å². The molecule has 3 aromatic rings. The fourth-order valence-electron chi connectivity index (χ4n) is 2.91. The van der Waals surface area contributed by atoms with Gasteiger partial charge in [0.15, 0.2) is 5.96 Å². The Bertz CT molecular complexity index is 944. The van der Waals surface area contributed by atoms with Crippen molar-refractivity contribution in [1.29, 1.82) is 0 Å². The van der Waals surface area contributed by atoms with Crippen molar-refractivity contribution in [3.05, 3.63) is 72.1 Å². The molecular weight excluding hydrogens is 493 g/mol. The molecule has 3 rings (SSSR count). The van der Waals surface area contributed by atoms with Gasteiger partial charge in [-0.25, -0.2) is 9.67 Å². The first-order valence-corrected chi connectivity index (χ1v) is 9.55. The third-order valence-electron chi connectivity index (χ3n) is 4.38. The number of benzene rings is 2. The van der Waals surface area contributed by atoms with E-state index in [1.165, 1.54) is 0 Å². The molecular formula is C22H28IN5O2. The van der Waals surface area contributed by atoms with Crippen LogP contribution in [0.5, 0.6) is 11.5 Å². The molecule has 7 nitrogen and oxygen atoms in total. The highest BCUT2D eigenvalue weighted by Crippen LogP contribution is 2.24. The van der Waals surface area contributed by atoms with Gasteiger partial charge in [-0.3, -0.25) is 0 Å². The number of aliphatic imine (C=N–C) groups is 1. The number of ether oxygens (including phenoxy) is 2. The molecule has 0 bridgehead atoms.